The van der Waals surface area contributed by atoms with E-state index in [9.17, 15) is 9.59 Å². The maximum atomic E-state index is 14.2. The molecule has 208 valence electrons. The van der Waals surface area contributed by atoms with E-state index in [1.165, 1.54) is 5.56 Å². The van der Waals surface area contributed by atoms with Crippen LogP contribution in [0.4, 0.5) is 0 Å². The van der Waals surface area contributed by atoms with Crippen molar-refractivity contribution in [1.29, 1.82) is 0 Å². The number of likely N-dealkylation sites (tertiary alicyclic amines) is 1. The monoisotopic (exact) mass is 522 g/mol. The number of carbonyl (C=O) groups excluding carboxylic acids is 2. The molecule has 1 aliphatic carbocycles. The summed E-state index contributed by atoms with van der Waals surface area (Å²) in [5, 5.41) is 5.86. The summed E-state index contributed by atoms with van der Waals surface area (Å²) in [6, 6.07) is 11.8. The van der Waals surface area contributed by atoms with Gasteiger partial charge in [-0.05, 0) is 69.8 Å². The number of likely N-dealkylation sites (N-methyl/N-ethyl adjacent to an activating group) is 1. The van der Waals surface area contributed by atoms with Gasteiger partial charge >= 0.3 is 0 Å². The highest BCUT2D eigenvalue weighted by Gasteiger charge is 2.55. The second kappa shape index (κ2) is 10.9. The minimum Gasteiger partial charge on any atom is -0.353 e. The van der Waals surface area contributed by atoms with Gasteiger partial charge in [0.15, 0.2) is 0 Å². The number of hydrogen-bond acceptors (Lipinski definition) is 6. The number of hydrogen-bond donors (Lipinski definition) is 2. The van der Waals surface area contributed by atoms with Crippen molar-refractivity contribution in [2.24, 2.45) is 23.7 Å². The summed E-state index contributed by atoms with van der Waals surface area (Å²) < 4.78 is 0. The minimum atomic E-state index is -0.0179. The van der Waals surface area contributed by atoms with E-state index in [2.05, 4.69) is 81.7 Å². The molecule has 7 atom stereocenters. The van der Waals surface area contributed by atoms with Crippen molar-refractivity contribution in [2.75, 3.05) is 52.9 Å². The van der Waals surface area contributed by atoms with Crippen LogP contribution in [0.2, 0.25) is 0 Å². The molecule has 2 N–H and O–H groups in total. The third kappa shape index (κ3) is 4.78. The topological polar surface area (TPSA) is 71.2 Å². The summed E-state index contributed by atoms with van der Waals surface area (Å²) in [7, 11) is 2.20. The molecular weight excluding hydrogens is 476 g/mol. The maximum Gasteiger partial charge on any atom is 0.226 e. The molecule has 0 radical (unpaired) electrons. The largest absolute Gasteiger partial charge is 0.353 e. The summed E-state index contributed by atoms with van der Waals surface area (Å²) in [5.74, 6) is 1.13. The van der Waals surface area contributed by atoms with Crippen LogP contribution in [0.5, 0.6) is 0 Å². The second-order valence-corrected chi connectivity index (χ2v) is 12.6. The lowest BCUT2D eigenvalue weighted by molar-refractivity contribution is -0.145. The quantitative estimate of drug-likeness (QED) is 0.630. The van der Waals surface area contributed by atoms with Crippen LogP contribution in [0.3, 0.4) is 0 Å². The van der Waals surface area contributed by atoms with Crippen LogP contribution in [-0.2, 0) is 9.59 Å². The Morgan fingerprint density at radius 1 is 1.05 bits per heavy atom. The molecule has 4 aliphatic heterocycles. The number of piperazine rings is 1. The molecule has 0 spiro atoms. The average Bonchev–Trinajstić information content (AvgIpc) is 3.39. The Hall–Kier alpha value is -2.00. The molecule has 38 heavy (non-hydrogen) atoms. The van der Waals surface area contributed by atoms with E-state index in [1.807, 2.05) is 0 Å². The first-order valence-corrected chi connectivity index (χ1v) is 15.0. The van der Waals surface area contributed by atoms with Crippen LogP contribution in [0.15, 0.2) is 30.3 Å². The third-order valence-electron chi connectivity index (χ3n) is 10.5. The Morgan fingerprint density at radius 2 is 1.82 bits per heavy atom. The van der Waals surface area contributed by atoms with E-state index >= 15 is 0 Å². The molecule has 6 rings (SSSR count). The Balaban J connectivity index is 1.20. The van der Waals surface area contributed by atoms with E-state index < -0.39 is 0 Å². The molecule has 6 unspecified atom stereocenters. The molecule has 5 aliphatic rings. The number of rotatable bonds is 4. The summed E-state index contributed by atoms with van der Waals surface area (Å²) >= 11 is 0. The minimum absolute atomic E-state index is 0.0179. The molecule has 8 heteroatoms. The van der Waals surface area contributed by atoms with E-state index in [1.54, 1.807) is 0 Å². The van der Waals surface area contributed by atoms with Crippen molar-refractivity contribution in [2.45, 2.75) is 63.7 Å². The van der Waals surface area contributed by atoms with Crippen LogP contribution in [-0.4, -0.2) is 103 Å². The number of hydrazine groups is 1. The first-order chi connectivity index (χ1) is 18.4. The molecular formula is C30H46N6O2. The molecule has 8 nitrogen and oxygen atoms in total. The Morgan fingerprint density at radius 3 is 2.55 bits per heavy atom. The molecule has 5 fully saturated rings. The molecule has 2 amide bonds. The van der Waals surface area contributed by atoms with Gasteiger partial charge in [-0.3, -0.25) is 19.9 Å². The van der Waals surface area contributed by atoms with Crippen molar-refractivity contribution < 1.29 is 9.59 Å². The second-order valence-electron chi connectivity index (χ2n) is 12.6. The van der Waals surface area contributed by atoms with Gasteiger partial charge in [-0.1, -0.05) is 44.2 Å². The SMILES string of the molecule is CCN1CCN(C(=O)C2CC3C(CC2C)NC(=O)C2CNN(C4CCN(C)CC4)C23)C[C@@H]1c1ccccc1. The van der Waals surface area contributed by atoms with Gasteiger partial charge in [-0.2, -0.15) is 0 Å². The van der Waals surface area contributed by atoms with Crippen LogP contribution < -0.4 is 10.7 Å². The van der Waals surface area contributed by atoms with E-state index in [-0.39, 0.29) is 41.8 Å². The third-order valence-corrected chi connectivity index (χ3v) is 10.5. The zero-order chi connectivity index (χ0) is 26.4. The number of nitrogens with one attached hydrogen (secondary N) is 2. The predicted octanol–water partition coefficient (Wildman–Crippen LogP) is 1.95. The average molecular weight is 523 g/mol. The normalized spacial score (nSPS) is 37.5. The fourth-order valence-corrected chi connectivity index (χ4v) is 8.25. The van der Waals surface area contributed by atoms with Gasteiger partial charge in [0, 0.05) is 50.2 Å². The van der Waals surface area contributed by atoms with Gasteiger partial charge in [0.2, 0.25) is 11.8 Å². The lowest BCUT2D eigenvalue weighted by Gasteiger charge is -2.51. The van der Waals surface area contributed by atoms with E-state index in [0.717, 1.165) is 71.5 Å². The molecule has 0 aromatic heterocycles. The van der Waals surface area contributed by atoms with Crippen LogP contribution >= 0.6 is 0 Å². The van der Waals surface area contributed by atoms with Gasteiger partial charge in [0.25, 0.3) is 0 Å². The number of piperidine rings is 2. The van der Waals surface area contributed by atoms with Gasteiger partial charge in [-0.15, -0.1) is 0 Å². The maximum absolute atomic E-state index is 14.2. The molecule has 4 saturated heterocycles. The molecule has 1 saturated carbocycles. The zero-order valence-corrected chi connectivity index (χ0v) is 23.4. The highest BCUT2D eigenvalue weighted by molar-refractivity contribution is 5.82. The summed E-state index contributed by atoms with van der Waals surface area (Å²) in [5.41, 5.74) is 4.95. The predicted molar refractivity (Wildman–Crippen MR) is 148 cm³/mol. The standard InChI is InChI=1S/C30H46N6O2/c1-4-34-14-15-35(19-27(34)21-8-6-5-7-9-21)30(38)23-17-24-26(16-20(23)2)32-29(37)25-18-31-36(28(24)25)22-10-12-33(3)13-11-22/h5-9,20,22-28,31H,4,10-19H2,1-3H3,(H,32,37)/t20?,23?,24?,25?,26?,27-,28?/m1/s1. The van der Waals surface area contributed by atoms with Crippen LogP contribution in [0.25, 0.3) is 0 Å². The van der Waals surface area contributed by atoms with Gasteiger partial charge in [-0.25, -0.2) is 5.01 Å². The Labute approximate surface area is 228 Å². The van der Waals surface area contributed by atoms with Gasteiger partial charge in [0.05, 0.1) is 12.0 Å². The Bertz CT molecular complexity index is 998. The highest BCUT2D eigenvalue weighted by atomic mass is 16.2. The lowest BCUT2D eigenvalue weighted by Crippen LogP contribution is -2.64. The van der Waals surface area contributed by atoms with Crippen molar-refractivity contribution >= 4 is 11.8 Å². The molecule has 1 aromatic carbocycles. The summed E-state index contributed by atoms with van der Waals surface area (Å²) in [6.45, 7) is 10.9. The van der Waals surface area contributed by atoms with Crippen LogP contribution in [0, 0.1) is 23.7 Å². The zero-order valence-electron chi connectivity index (χ0n) is 23.4. The van der Waals surface area contributed by atoms with Crippen molar-refractivity contribution in [3.05, 3.63) is 35.9 Å². The summed E-state index contributed by atoms with van der Waals surface area (Å²) in [6.07, 6.45) is 4.04. The van der Waals surface area contributed by atoms with Crippen molar-refractivity contribution in [3.63, 3.8) is 0 Å². The van der Waals surface area contributed by atoms with Crippen molar-refractivity contribution in [3.8, 4) is 0 Å². The first kappa shape index (κ1) is 26.2. The van der Waals surface area contributed by atoms with E-state index in [4.69, 9.17) is 0 Å². The molecule has 0 bridgehead atoms. The number of amides is 2. The molecule has 1 aromatic rings. The van der Waals surface area contributed by atoms with Crippen molar-refractivity contribution in [1.82, 2.24) is 30.5 Å². The number of benzene rings is 1. The van der Waals surface area contributed by atoms with Gasteiger partial charge in [0.1, 0.15) is 0 Å². The number of nitrogens with zero attached hydrogens (tertiary/aromatic N) is 4. The first-order valence-electron chi connectivity index (χ1n) is 15.0. The van der Waals surface area contributed by atoms with Crippen LogP contribution in [0.1, 0.15) is 51.1 Å². The fraction of sp³-hybridized carbons (Fsp3) is 0.733. The number of carbonyl (C=O) groups is 2. The number of fused-ring (bicyclic) bond motifs is 3. The lowest BCUT2D eigenvalue weighted by atomic mass is 9.65. The molecule has 4 heterocycles. The van der Waals surface area contributed by atoms with E-state index in [0.29, 0.717) is 17.9 Å². The highest BCUT2D eigenvalue weighted by Crippen LogP contribution is 2.44. The smallest absolute Gasteiger partial charge is 0.226 e. The Kier molecular flexibility index (Phi) is 7.51. The summed E-state index contributed by atoms with van der Waals surface area (Å²) in [4.78, 5) is 34.4. The van der Waals surface area contributed by atoms with Gasteiger partial charge < -0.3 is 15.1 Å². The fourth-order valence-electron chi connectivity index (χ4n) is 8.25.